The van der Waals surface area contributed by atoms with E-state index in [1.54, 1.807) is 6.20 Å². The molecule has 0 spiro atoms. The number of rotatable bonds is 3. The van der Waals surface area contributed by atoms with E-state index in [1.807, 2.05) is 13.8 Å². The van der Waals surface area contributed by atoms with Gasteiger partial charge in [0.15, 0.2) is 0 Å². The summed E-state index contributed by atoms with van der Waals surface area (Å²) in [5, 5.41) is 9.99. The Kier molecular flexibility index (Phi) is 2.90. The molecule has 7 nitrogen and oxygen atoms in total. The van der Waals surface area contributed by atoms with E-state index in [1.165, 1.54) is 10.8 Å². The Hall–Kier alpha value is -2.18. The van der Waals surface area contributed by atoms with Crippen molar-refractivity contribution in [1.29, 1.82) is 0 Å². The van der Waals surface area contributed by atoms with Gasteiger partial charge in [-0.1, -0.05) is 13.8 Å². The van der Waals surface area contributed by atoms with Crippen molar-refractivity contribution in [3.63, 3.8) is 0 Å². The summed E-state index contributed by atoms with van der Waals surface area (Å²) < 4.78 is 1.41. The first kappa shape index (κ1) is 11.3. The third kappa shape index (κ3) is 2.32. The van der Waals surface area contributed by atoms with Gasteiger partial charge < -0.3 is 0 Å². The minimum absolute atomic E-state index is 0.0582. The number of hydrogen-bond acceptors (Lipinski definition) is 4. The summed E-state index contributed by atoms with van der Waals surface area (Å²) in [6, 6.07) is 0. The third-order valence-corrected chi connectivity index (χ3v) is 2.46. The van der Waals surface area contributed by atoms with Crippen molar-refractivity contribution in [1.82, 2.24) is 25.0 Å². The lowest BCUT2D eigenvalue weighted by molar-refractivity contribution is 0.676. The van der Waals surface area contributed by atoms with Crippen LogP contribution in [0.5, 0.6) is 0 Å². The van der Waals surface area contributed by atoms with Crippen LogP contribution in [0.3, 0.4) is 0 Å². The highest BCUT2D eigenvalue weighted by Crippen LogP contribution is 2.06. The van der Waals surface area contributed by atoms with E-state index in [0.717, 1.165) is 0 Å². The largest absolute Gasteiger partial charge is 0.328 e. The van der Waals surface area contributed by atoms with E-state index >= 15 is 0 Å². The molecule has 0 radical (unpaired) electrons. The van der Waals surface area contributed by atoms with Crippen LogP contribution in [-0.4, -0.2) is 25.0 Å². The Balaban J connectivity index is 2.44. The molecule has 0 unspecified atom stereocenters. The van der Waals surface area contributed by atoms with Crippen molar-refractivity contribution in [2.75, 3.05) is 0 Å². The standard InChI is InChI=1S/C10H13N5O2/c1-6(2)8-5-15(10(17)12-9(8)16)4-7-3-11-14-13-7/h3,5-6H,4H2,1-2H3,(H,11,13,14)(H,12,16,17). The summed E-state index contributed by atoms with van der Waals surface area (Å²) in [5.74, 6) is 0.0582. The monoisotopic (exact) mass is 235 g/mol. The topological polar surface area (TPSA) is 96.4 Å². The van der Waals surface area contributed by atoms with E-state index in [-0.39, 0.29) is 18.0 Å². The zero-order chi connectivity index (χ0) is 12.4. The number of aromatic nitrogens is 5. The van der Waals surface area contributed by atoms with Gasteiger partial charge in [0.05, 0.1) is 12.7 Å². The van der Waals surface area contributed by atoms with Crippen LogP contribution in [0.15, 0.2) is 22.0 Å². The van der Waals surface area contributed by atoms with Crippen LogP contribution in [-0.2, 0) is 6.54 Å². The van der Waals surface area contributed by atoms with E-state index in [0.29, 0.717) is 11.3 Å². The molecule has 0 amide bonds. The highest BCUT2D eigenvalue weighted by Gasteiger charge is 2.09. The van der Waals surface area contributed by atoms with Crippen molar-refractivity contribution < 1.29 is 0 Å². The van der Waals surface area contributed by atoms with E-state index in [4.69, 9.17) is 0 Å². The highest BCUT2D eigenvalue weighted by atomic mass is 16.2. The fourth-order valence-electron chi connectivity index (χ4n) is 1.53. The van der Waals surface area contributed by atoms with Crippen molar-refractivity contribution >= 4 is 0 Å². The van der Waals surface area contributed by atoms with Crippen LogP contribution >= 0.6 is 0 Å². The van der Waals surface area contributed by atoms with E-state index in [2.05, 4.69) is 20.4 Å². The minimum atomic E-state index is -0.442. The van der Waals surface area contributed by atoms with Gasteiger partial charge in [-0.2, -0.15) is 15.4 Å². The molecule has 7 heteroatoms. The summed E-state index contributed by atoms with van der Waals surface area (Å²) in [7, 11) is 0. The molecule has 0 saturated carbocycles. The molecule has 0 aliphatic carbocycles. The Morgan fingerprint density at radius 3 is 2.76 bits per heavy atom. The highest BCUT2D eigenvalue weighted by molar-refractivity contribution is 5.10. The molecule has 2 rings (SSSR count). The molecule has 0 aromatic carbocycles. The summed E-state index contributed by atoms with van der Waals surface area (Å²) in [6.07, 6.45) is 3.10. The van der Waals surface area contributed by atoms with Gasteiger partial charge in [-0.25, -0.2) is 4.79 Å². The normalized spacial score (nSPS) is 11.0. The zero-order valence-corrected chi connectivity index (χ0v) is 9.60. The molecule has 0 bridgehead atoms. The maximum absolute atomic E-state index is 11.6. The number of nitrogens with one attached hydrogen (secondary N) is 2. The first-order chi connectivity index (χ1) is 8.08. The lowest BCUT2D eigenvalue weighted by Crippen LogP contribution is -2.32. The number of nitrogens with zero attached hydrogens (tertiary/aromatic N) is 3. The summed E-state index contributed by atoms with van der Waals surface area (Å²) in [6.45, 7) is 4.08. The second-order valence-electron chi connectivity index (χ2n) is 4.09. The molecule has 2 N–H and O–H groups in total. The van der Waals surface area contributed by atoms with Gasteiger partial charge in [-0.05, 0) is 5.92 Å². The number of H-pyrrole nitrogens is 2. The molecule has 2 aromatic heterocycles. The Labute approximate surface area is 96.5 Å². The fourth-order valence-corrected chi connectivity index (χ4v) is 1.53. The van der Waals surface area contributed by atoms with Crippen LogP contribution in [0.4, 0.5) is 0 Å². The van der Waals surface area contributed by atoms with Gasteiger partial charge >= 0.3 is 5.69 Å². The van der Waals surface area contributed by atoms with Crippen molar-refractivity contribution in [3.05, 3.63) is 44.5 Å². The first-order valence-electron chi connectivity index (χ1n) is 5.26. The lowest BCUT2D eigenvalue weighted by atomic mass is 10.1. The predicted molar refractivity (Wildman–Crippen MR) is 60.9 cm³/mol. The molecule has 0 fully saturated rings. The molecule has 0 aliphatic heterocycles. The molecule has 90 valence electrons. The van der Waals surface area contributed by atoms with Crippen LogP contribution in [0.2, 0.25) is 0 Å². The average Bonchev–Trinajstić information content (AvgIpc) is 2.74. The molecular weight excluding hydrogens is 222 g/mol. The molecule has 0 saturated heterocycles. The van der Waals surface area contributed by atoms with Gasteiger partial charge in [0.1, 0.15) is 5.69 Å². The van der Waals surface area contributed by atoms with E-state index < -0.39 is 5.69 Å². The van der Waals surface area contributed by atoms with Gasteiger partial charge in [0, 0.05) is 11.8 Å². The van der Waals surface area contributed by atoms with E-state index in [9.17, 15) is 9.59 Å². The average molecular weight is 235 g/mol. The van der Waals surface area contributed by atoms with Crippen molar-refractivity contribution in [2.45, 2.75) is 26.3 Å². The smallest absolute Gasteiger partial charge is 0.294 e. The fraction of sp³-hybridized carbons (Fsp3) is 0.400. The first-order valence-corrected chi connectivity index (χ1v) is 5.26. The maximum Gasteiger partial charge on any atom is 0.328 e. The quantitative estimate of drug-likeness (QED) is 0.771. The maximum atomic E-state index is 11.6. The second kappa shape index (κ2) is 4.36. The van der Waals surface area contributed by atoms with Gasteiger partial charge in [0.25, 0.3) is 5.56 Å². The molecule has 2 heterocycles. The second-order valence-corrected chi connectivity index (χ2v) is 4.09. The SMILES string of the molecule is CC(C)c1cn(Cc2cn[nH]n2)c(=O)[nH]c1=O. The molecule has 2 aromatic rings. The molecule has 0 aliphatic rings. The third-order valence-electron chi connectivity index (χ3n) is 2.46. The van der Waals surface area contributed by atoms with Crippen LogP contribution in [0.1, 0.15) is 31.0 Å². The summed E-state index contributed by atoms with van der Waals surface area (Å²) in [5.41, 5.74) is 0.436. The van der Waals surface area contributed by atoms with Gasteiger partial charge in [0.2, 0.25) is 0 Å². The summed E-state index contributed by atoms with van der Waals surface area (Å²) in [4.78, 5) is 25.4. The Morgan fingerprint density at radius 2 is 2.18 bits per heavy atom. The molecular formula is C10H13N5O2. The van der Waals surface area contributed by atoms with Crippen LogP contribution < -0.4 is 11.2 Å². The molecule has 17 heavy (non-hydrogen) atoms. The predicted octanol–water partition coefficient (Wildman–Crippen LogP) is -0.174. The van der Waals surface area contributed by atoms with Crippen molar-refractivity contribution in [3.8, 4) is 0 Å². The van der Waals surface area contributed by atoms with Crippen molar-refractivity contribution in [2.24, 2.45) is 0 Å². The lowest BCUT2D eigenvalue weighted by Gasteiger charge is -2.07. The van der Waals surface area contributed by atoms with Crippen LogP contribution in [0, 0.1) is 0 Å². The Bertz CT molecular complexity index is 608. The number of hydrogen-bond donors (Lipinski definition) is 2. The van der Waals surface area contributed by atoms with Crippen LogP contribution in [0.25, 0.3) is 0 Å². The summed E-state index contributed by atoms with van der Waals surface area (Å²) >= 11 is 0. The number of aromatic amines is 2. The zero-order valence-electron chi connectivity index (χ0n) is 9.60. The Morgan fingerprint density at radius 1 is 1.41 bits per heavy atom. The minimum Gasteiger partial charge on any atom is -0.294 e. The van der Waals surface area contributed by atoms with Gasteiger partial charge in [-0.15, -0.1) is 0 Å². The molecule has 0 atom stereocenters. The van der Waals surface area contributed by atoms with Gasteiger partial charge in [-0.3, -0.25) is 14.3 Å².